The summed E-state index contributed by atoms with van der Waals surface area (Å²) in [5.41, 5.74) is 3.52. The number of ether oxygens (including phenoxy) is 2. The van der Waals surface area contributed by atoms with Crippen LogP contribution in [0.4, 0.5) is 0 Å². The van der Waals surface area contributed by atoms with Gasteiger partial charge in [-0.2, -0.15) is 5.10 Å². The van der Waals surface area contributed by atoms with Crippen molar-refractivity contribution in [1.29, 1.82) is 0 Å². The molecule has 0 unspecified atom stereocenters. The zero-order valence-corrected chi connectivity index (χ0v) is 19.8. The van der Waals surface area contributed by atoms with Crippen LogP contribution in [0.5, 0.6) is 11.5 Å². The number of carbonyl (C=O) groups is 2. The van der Waals surface area contributed by atoms with Crippen LogP contribution in [0.1, 0.15) is 22.8 Å². The van der Waals surface area contributed by atoms with Gasteiger partial charge in [-0.1, -0.05) is 35.3 Å². The Labute approximate surface area is 203 Å². The molecule has 3 aromatic carbocycles. The van der Waals surface area contributed by atoms with E-state index in [0.717, 1.165) is 0 Å². The normalized spacial score (nSPS) is 11.8. The Morgan fingerprint density at radius 2 is 1.78 bits per heavy atom. The Hall–Kier alpha value is -2.87. The molecule has 0 fully saturated rings. The highest BCUT2D eigenvalue weighted by molar-refractivity contribution is 9.10. The van der Waals surface area contributed by atoms with Crippen LogP contribution in [0.3, 0.4) is 0 Å². The van der Waals surface area contributed by atoms with Gasteiger partial charge in [-0.25, -0.2) is 10.2 Å². The fraction of sp³-hybridized carbons (Fsp3) is 0.0870. The van der Waals surface area contributed by atoms with Crippen molar-refractivity contribution in [2.24, 2.45) is 5.10 Å². The number of nitrogens with one attached hydrogen (secondary N) is 1. The number of esters is 1. The van der Waals surface area contributed by atoms with Crippen molar-refractivity contribution < 1.29 is 19.1 Å². The zero-order chi connectivity index (χ0) is 23.1. The topological polar surface area (TPSA) is 77.0 Å². The minimum Gasteiger partial charge on any atom is -0.479 e. The third kappa shape index (κ3) is 6.56. The second-order valence-electron chi connectivity index (χ2n) is 6.51. The molecule has 32 heavy (non-hydrogen) atoms. The Kier molecular flexibility index (Phi) is 8.27. The predicted molar refractivity (Wildman–Crippen MR) is 128 cm³/mol. The lowest BCUT2D eigenvalue weighted by molar-refractivity contribution is -0.127. The van der Waals surface area contributed by atoms with Crippen molar-refractivity contribution in [3.05, 3.63) is 92.4 Å². The minimum absolute atomic E-state index is 0.307. The van der Waals surface area contributed by atoms with E-state index in [1.165, 1.54) is 12.3 Å². The van der Waals surface area contributed by atoms with Crippen molar-refractivity contribution in [1.82, 2.24) is 5.43 Å². The first kappa shape index (κ1) is 23.8. The van der Waals surface area contributed by atoms with Crippen LogP contribution in [0.2, 0.25) is 10.0 Å². The number of hydrogen-bond acceptors (Lipinski definition) is 5. The van der Waals surface area contributed by atoms with Crippen LogP contribution >= 0.6 is 39.1 Å². The first-order chi connectivity index (χ1) is 15.3. The van der Waals surface area contributed by atoms with Crippen molar-refractivity contribution in [3.8, 4) is 11.5 Å². The molecular formula is C23H17BrCl2N2O4. The standard InChI is InChI=1S/C23H17BrCl2N2O4/c1-14(31-21-11-8-16(25)12-20(21)26)22(29)28-27-13-15-6-9-17(10-7-15)32-23(30)18-4-2-3-5-19(18)24/h2-14H,1H3,(H,28,29)/b27-13-/t14-/m0/s1. The smallest absolute Gasteiger partial charge is 0.344 e. The molecule has 0 radical (unpaired) electrons. The summed E-state index contributed by atoms with van der Waals surface area (Å²) >= 11 is 15.2. The van der Waals surface area contributed by atoms with Gasteiger partial charge in [0.15, 0.2) is 6.10 Å². The summed E-state index contributed by atoms with van der Waals surface area (Å²) in [5, 5.41) is 4.69. The van der Waals surface area contributed by atoms with E-state index < -0.39 is 18.0 Å². The maximum Gasteiger partial charge on any atom is 0.344 e. The molecule has 1 amide bonds. The molecule has 3 aromatic rings. The highest BCUT2D eigenvalue weighted by Crippen LogP contribution is 2.28. The Morgan fingerprint density at radius 3 is 2.47 bits per heavy atom. The maximum absolute atomic E-state index is 12.2. The van der Waals surface area contributed by atoms with E-state index in [2.05, 4.69) is 26.5 Å². The first-order valence-electron chi connectivity index (χ1n) is 9.35. The predicted octanol–water partition coefficient (Wildman–Crippen LogP) is 5.89. The summed E-state index contributed by atoms with van der Waals surface area (Å²) < 4.78 is 11.6. The Morgan fingerprint density at radius 1 is 1.06 bits per heavy atom. The van der Waals surface area contributed by atoms with Crippen LogP contribution in [-0.4, -0.2) is 24.2 Å². The lowest BCUT2D eigenvalue weighted by Crippen LogP contribution is -2.33. The molecule has 164 valence electrons. The number of amides is 1. The molecule has 0 aromatic heterocycles. The highest BCUT2D eigenvalue weighted by atomic mass is 79.9. The van der Waals surface area contributed by atoms with Crippen LogP contribution < -0.4 is 14.9 Å². The number of benzene rings is 3. The van der Waals surface area contributed by atoms with Crippen molar-refractivity contribution in [2.75, 3.05) is 0 Å². The molecule has 0 saturated carbocycles. The van der Waals surface area contributed by atoms with E-state index in [-0.39, 0.29) is 0 Å². The van der Waals surface area contributed by atoms with Gasteiger partial charge in [0.25, 0.3) is 5.91 Å². The fourth-order valence-corrected chi connectivity index (χ4v) is 3.39. The van der Waals surface area contributed by atoms with Gasteiger partial charge < -0.3 is 9.47 Å². The number of carbonyl (C=O) groups excluding carboxylic acids is 2. The largest absolute Gasteiger partial charge is 0.479 e. The molecule has 0 bridgehead atoms. The molecule has 6 nitrogen and oxygen atoms in total. The van der Waals surface area contributed by atoms with E-state index in [0.29, 0.717) is 37.1 Å². The highest BCUT2D eigenvalue weighted by Gasteiger charge is 2.16. The Balaban J connectivity index is 1.52. The van der Waals surface area contributed by atoms with Gasteiger partial charge in [0.1, 0.15) is 11.5 Å². The molecule has 0 saturated heterocycles. The maximum atomic E-state index is 12.2. The molecule has 0 heterocycles. The van der Waals surface area contributed by atoms with E-state index in [9.17, 15) is 9.59 Å². The average molecular weight is 536 g/mol. The second-order valence-corrected chi connectivity index (χ2v) is 8.21. The van der Waals surface area contributed by atoms with Crippen molar-refractivity contribution >= 4 is 57.2 Å². The number of hydrazone groups is 1. The van der Waals surface area contributed by atoms with E-state index >= 15 is 0 Å². The minimum atomic E-state index is -0.829. The first-order valence-corrected chi connectivity index (χ1v) is 10.9. The number of halogens is 3. The summed E-state index contributed by atoms with van der Waals surface area (Å²) in [6.45, 7) is 1.57. The third-order valence-electron chi connectivity index (χ3n) is 4.14. The second kappa shape index (κ2) is 11.1. The van der Waals surface area contributed by atoms with Gasteiger partial charge in [0, 0.05) is 9.50 Å². The monoisotopic (exact) mass is 534 g/mol. The third-order valence-corrected chi connectivity index (χ3v) is 5.36. The van der Waals surface area contributed by atoms with Gasteiger partial charge in [0.05, 0.1) is 16.8 Å². The molecule has 3 rings (SSSR count). The van der Waals surface area contributed by atoms with Crippen LogP contribution in [0.25, 0.3) is 0 Å². The summed E-state index contributed by atoms with van der Waals surface area (Å²) in [7, 11) is 0. The van der Waals surface area contributed by atoms with Crippen LogP contribution in [0.15, 0.2) is 76.3 Å². The van der Waals surface area contributed by atoms with Crippen LogP contribution in [0, 0.1) is 0 Å². The molecule has 0 aliphatic rings. The van der Waals surface area contributed by atoms with Gasteiger partial charge >= 0.3 is 5.97 Å². The van der Waals surface area contributed by atoms with E-state index in [4.69, 9.17) is 32.7 Å². The van der Waals surface area contributed by atoms with Crippen LogP contribution in [-0.2, 0) is 4.79 Å². The Bertz CT molecular complexity index is 1150. The number of nitrogens with zero attached hydrogens (tertiary/aromatic N) is 1. The zero-order valence-electron chi connectivity index (χ0n) is 16.7. The van der Waals surface area contributed by atoms with Crippen molar-refractivity contribution in [2.45, 2.75) is 13.0 Å². The molecular weight excluding hydrogens is 519 g/mol. The molecule has 9 heteroatoms. The molecule has 1 atom stereocenters. The van der Waals surface area contributed by atoms with Gasteiger partial charge in [-0.05, 0) is 83.0 Å². The fourth-order valence-electron chi connectivity index (χ4n) is 2.49. The molecule has 0 aliphatic carbocycles. The SMILES string of the molecule is C[C@H](Oc1ccc(Cl)cc1Cl)C(=O)N/N=C\c1ccc(OC(=O)c2ccccc2Br)cc1. The number of rotatable bonds is 7. The van der Waals surface area contributed by atoms with Crippen molar-refractivity contribution in [3.63, 3.8) is 0 Å². The van der Waals surface area contributed by atoms with E-state index in [1.807, 2.05) is 6.07 Å². The summed E-state index contributed by atoms with van der Waals surface area (Å²) in [6, 6.07) is 18.4. The lowest BCUT2D eigenvalue weighted by Gasteiger charge is -2.14. The molecule has 0 aliphatic heterocycles. The molecule has 1 N–H and O–H groups in total. The quantitative estimate of drug-likeness (QED) is 0.177. The van der Waals surface area contributed by atoms with E-state index in [1.54, 1.807) is 61.5 Å². The number of hydrogen-bond donors (Lipinski definition) is 1. The van der Waals surface area contributed by atoms with Gasteiger partial charge in [-0.3, -0.25) is 4.79 Å². The van der Waals surface area contributed by atoms with Gasteiger partial charge in [0.2, 0.25) is 0 Å². The summed E-state index contributed by atoms with van der Waals surface area (Å²) in [4.78, 5) is 24.4. The lowest BCUT2D eigenvalue weighted by atomic mass is 10.2. The summed E-state index contributed by atoms with van der Waals surface area (Å²) in [6.07, 6.45) is 0.629. The average Bonchev–Trinajstić information content (AvgIpc) is 2.77. The summed E-state index contributed by atoms with van der Waals surface area (Å²) in [5.74, 6) is -0.198. The molecule has 0 spiro atoms. The van der Waals surface area contributed by atoms with Gasteiger partial charge in [-0.15, -0.1) is 0 Å².